The molecule has 2 N–H and O–H groups in total. The summed E-state index contributed by atoms with van der Waals surface area (Å²) in [6.07, 6.45) is 0.533. The van der Waals surface area contributed by atoms with E-state index in [-0.39, 0.29) is 24.9 Å². The Labute approximate surface area is 119 Å². The molecule has 0 saturated heterocycles. The van der Waals surface area contributed by atoms with E-state index in [1.807, 2.05) is 0 Å². The average molecular weight is 283 g/mol. The first kappa shape index (κ1) is 16.4. The molecule has 0 fully saturated rings. The van der Waals surface area contributed by atoms with Crippen molar-refractivity contribution in [3.05, 3.63) is 29.6 Å². The summed E-state index contributed by atoms with van der Waals surface area (Å²) in [6, 6.07) is 4.34. The number of halogens is 1. The standard InChI is InChI=1S/C15H22FNO3/c1-10(2)8-14(20-7-6-15(17)18)12-9-11(16)4-5-13(12)19-3/h4-5,9-10,14H,6-8H2,1-3H3,(H2,17,18)/t14-/m0/s1. The lowest BCUT2D eigenvalue weighted by atomic mass is 9.98. The summed E-state index contributed by atoms with van der Waals surface area (Å²) in [6.45, 7) is 4.32. The molecule has 112 valence electrons. The van der Waals surface area contributed by atoms with Gasteiger partial charge >= 0.3 is 0 Å². The number of hydrogen-bond acceptors (Lipinski definition) is 3. The molecular weight excluding hydrogens is 261 g/mol. The maximum atomic E-state index is 13.4. The van der Waals surface area contributed by atoms with Crippen LogP contribution in [-0.2, 0) is 9.53 Å². The maximum Gasteiger partial charge on any atom is 0.219 e. The maximum absolute atomic E-state index is 13.4. The van der Waals surface area contributed by atoms with Gasteiger partial charge in [0.15, 0.2) is 0 Å². The van der Waals surface area contributed by atoms with Crippen molar-refractivity contribution >= 4 is 5.91 Å². The monoisotopic (exact) mass is 283 g/mol. The number of carbonyl (C=O) groups is 1. The van der Waals surface area contributed by atoms with Crippen LogP contribution in [0.4, 0.5) is 4.39 Å². The van der Waals surface area contributed by atoms with Gasteiger partial charge in [-0.1, -0.05) is 13.8 Å². The zero-order valence-electron chi connectivity index (χ0n) is 12.2. The second-order valence-electron chi connectivity index (χ2n) is 5.09. The summed E-state index contributed by atoms with van der Waals surface area (Å²) in [4.78, 5) is 10.8. The number of carbonyl (C=O) groups excluding carboxylic acids is 1. The molecule has 5 heteroatoms. The molecule has 0 aliphatic carbocycles. The normalized spacial score (nSPS) is 12.4. The highest BCUT2D eigenvalue weighted by Gasteiger charge is 2.19. The van der Waals surface area contributed by atoms with E-state index in [4.69, 9.17) is 15.2 Å². The fraction of sp³-hybridized carbons (Fsp3) is 0.533. The minimum Gasteiger partial charge on any atom is -0.496 e. The lowest BCUT2D eigenvalue weighted by Crippen LogP contribution is -2.16. The van der Waals surface area contributed by atoms with Crippen LogP contribution in [0.2, 0.25) is 0 Å². The third-order valence-electron chi connectivity index (χ3n) is 2.89. The van der Waals surface area contributed by atoms with E-state index in [1.165, 1.54) is 19.2 Å². The first-order valence-electron chi connectivity index (χ1n) is 6.67. The summed E-state index contributed by atoms with van der Waals surface area (Å²) in [5, 5.41) is 0. The molecule has 1 rings (SSSR count). The van der Waals surface area contributed by atoms with E-state index in [0.717, 1.165) is 0 Å². The number of benzene rings is 1. The molecule has 0 bridgehead atoms. The van der Waals surface area contributed by atoms with Crippen LogP contribution in [0.3, 0.4) is 0 Å². The van der Waals surface area contributed by atoms with E-state index >= 15 is 0 Å². The highest BCUT2D eigenvalue weighted by molar-refractivity contribution is 5.73. The third-order valence-corrected chi connectivity index (χ3v) is 2.89. The Balaban J connectivity index is 2.91. The van der Waals surface area contributed by atoms with Crippen LogP contribution in [0.25, 0.3) is 0 Å². The molecule has 0 aliphatic rings. The molecule has 0 saturated carbocycles. The molecule has 0 aromatic heterocycles. The SMILES string of the molecule is COc1ccc(F)cc1[C@H](CC(C)C)OCCC(N)=O. The predicted octanol–water partition coefficient (Wildman–Crippen LogP) is 2.81. The van der Waals surface area contributed by atoms with Gasteiger partial charge in [0.2, 0.25) is 5.91 Å². The molecule has 1 atom stereocenters. The van der Waals surface area contributed by atoms with Gasteiger partial charge < -0.3 is 15.2 Å². The average Bonchev–Trinajstić information content (AvgIpc) is 2.36. The van der Waals surface area contributed by atoms with Gasteiger partial charge in [-0.25, -0.2) is 4.39 Å². The molecule has 1 amide bonds. The van der Waals surface area contributed by atoms with Gasteiger partial charge in [0.05, 0.1) is 19.8 Å². The van der Waals surface area contributed by atoms with Crippen LogP contribution in [-0.4, -0.2) is 19.6 Å². The molecule has 20 heavy (non-hydrogen) atoms. The summed E-state index contributed by atoms with van der Waals surface area (Å²) >= 11 is 0. The van der Waals surface area contributed by atoms with Gasteiger partial charge in [-0.05, 0) is 30.5 Å². The Hall–Kier alpha value is -1.62. The Kier molecular flexibility index (Phi) is 6.45. The third kappa shape index (κ3) is 5.17. The molecule has 1 aromatic rings. The quantitative estimate of drug-likeness (QED) is 0.798. The second kappa shape index (κ2) is 7.85. The minimum atomic E-state index is -0.417. The Bertz CT molecular complexity index is 449. The fourth-order valence-electron chi connectivity index (χ4n) is 1.97. The number of hydrogen-bond donors (Lipinski definition) is 1. The van der Waals surface area contributed by atoms with Crippen LogP contribution in [0.5, 0.6) is 5.75 Å². The Morgan fingerprint density at radius 2 is 2.10 bits per heavy atom. The molecular formula is C15H22FNO3. The largest absolute Gasteiger partial charge is 0.496 e. The van der Waals surface area contributed by atoms with Gasteiger partial charge in [0.25, 0.3) is 0 Å². The van der Waals surface area contributed by atoms with Gasteiger partial charge in [-0.2, -0.15) is 0 Å². The van der Waals surface area contributed by atoms with Crippen LogP contribution in [0.1, 0.15) is 38.4 Å². The van der Waals surface area contributed by atoms with Crippen molar-refractivity contribution < 1.29 is 18.7 Å². The van der Waals surface area contributed by atoms with Crippen molar-refractivity contribution in [1.82, 2.24) is 0 Å². The van der Waals surface area contributed by atoms with E-state index in [0.29, 0.717) is 23.7 Å². The Morgan fingerprint density at radius 3 is 2.65 bits per heavy atom. The molecule has 0 heterocycles. The van der Waals surface area contributed by atoms with Crippen molar-refractivity contribution in [3.8, 4) is 5.75 Å². The summed E-state index contributed by atoms with van der Waals surface area (Å²) in [7, 11) is 1.53. The van der Waals surface area contributed by atoms with Gasteiger partial charge in [-0.3, -0.25) is 4.79 Å². The lowest BCUT2D eigenvalue weighted by molar-refractivity contribution is -0.119. The number of rotatable bonds is 8. The molecule has 0 aliphatic heterocycles. The smallest absolute Gasteiger partial charge is 0.219 e. The van der Waals surface area contributed by atoms with E-state index in [1.54, 1.807) is 6.07 Å². The number of primary amides is 1. The summed E-state index contributed by atoms with van der Waals surface area (Å²) < 4.78 is 24.4. The highest BCUT2D eigenvalue weighted by atomic mass is 19.1. The molecule has 0 unspecified atom stereocenters. The first-order valence-corrected chi connectivity index (χ1v) is 6.67. The van der Waals surface area contributed by atoms with E-state index in [2.05, 4.69) is 13.8 Å². The molecule has 0 radical (unpaired) electrons. The van der Waals surface area contributed by atoms with Gasteiger partial charge in [-0.15, -0.1) is 0 Å². The Morgan fingerprint density at radius 1 is 1.40 bits per heavy atom. The number of amides is 1. The number of nitrogens with two attached hydrogens (primary N) is 1. The zero-order valence-corrected chi connectivity index (χ0v) is 12.2. The fourth-order valence-corrected chi connectivity index (χ4v) is 1.97. The predicted molar refractivity (Wildman–Crippen MR) is 74.9 cm³/mol. The number of methoxy groups -OCH3 is 1. The first-order chi connectivity index (χ1) is 9.43. The van der Waals surface area contributed by atoms with Crippen molar-refractivity contribution in [2.24, 2.45) is 11.7 Å². The molecule has 4 nitrogen and oxygen atoms in total. The van der Waals surface area contributed by atoms with E-state index < -0.39 is 5.91 Å². The summed E-state index contributed by atoms with van der Waals surface area (Å²) in [5.41, 5.74) is 5.75. The van der Waals surface area contributed by atoms with Crippen molar-refractivity contribution in [2.45, 2.75) is 32.8 Å². The van der Waals surface area contributed by atoms with Crippen LogP contribution in [0.15, 0.2) is 18.2 Å². The van der Waals surface area contributed by atoms with Crippen LogP contribution < -0.4 is 10.5 Å². The highest BCUT2D eigenvalue weighted by Crippen LogP contribution is 2.32. The van der Waals surface area contributed by atoms with E-state index in [9.17, 15) is 9.18 Å². The number of ether oxygens (including phenoxy) is 2. The van der Waals surface area contributed by atoms with Crippen LogP contribution >= 0.6 is 0 Å². The van der Waals surface area contributed by atoms with Crippen molar-refractivity contribution in [1.29, 1.82) is 0 Å². The van der Waals surface area contributed by atoms with Crippen LogP contribution in [0, 0.1) is 11.7 Å². The van der Waals surface area contributed by atoms with Gasteiger partial charge in [0.1, 0.15) is 11.6 Å². The minimum absolute atomic E-state index is 0.145. The molecule has 1 aromatic carbocycles. The molecule has 0 spiro atoms. The second-order valence-corrected chi connectivity index (χ2v) is 5.09. The topological polar surface area (TPSA) is 61.6 Å². The lowest BCUT2D eigenvalue weighted by Gasteiger charge is -2.22. The zero-order chi connectivity index (χ0) is 15.1. The van der Waals surface area contributed by atoms with Crippen molar-refractivity contribution in [2.75, 3.05) is 13.7 Å². The van der Waals surface area contributed by atoms with Crippen molar-refractivity contribution in [3.63, 3.8) is 0 Å². The summed E-state index contributed by atoms with van der Waals surface area (Å²) in [5.74, 6) is 0.185. The van der Waals surface area contributed by atoms with Gasteiger partial charge in [0, 0.05) is 12.0 Å².